The van der Waals surface area contributed by atoms with Gasteiger partial charge in [-0.1, -0.05) is 63.4 Å². The van der Waals surface area contributed by atoms with Gasteiger partial charge in [0.25, 0.3) is 0 Å². The zero-order chi connectivity index (χ0) is 22.4. The van der Waals surface area contributed by atoms with Crippen molar-refractivity contribution in [3.05, 3.63) is 35.9 Å². The number of piperazine rings is 1. The van der Waals surface area contributed by atoms with E-state index in [-0.39, 0.29) is 36.9 Å². The molecule has 1 aliphatic carbocycles. The quantitative estimate of drug-likeness (QED) is 0.693. The molecule has 1 aromatic rings. The highest BCUT2D eigenvalue weighted by Gasteiger charge is 2.44. The monoisotopic (exact) mass is 429 g/mol. The van der Waals surface area contributed by atoms with Crippen molar-refractivity contribution >= 4 is 17.9 Å². The van der Waals surface area contributed by atoms with Crippen molar-refractivity contribution in [1.82, 2.24) is 15.1 Å². The maximum atomic E-state index is 13.5. The minimum absolute atomic E-state index is 0.0991. The molecule has 3 rings (SSSR count). The lowest BCUT2D eigenvalue weighted by Gasteiger charge is -2.46. The van der Waals surface area contributed by atoms with E-state index in [2.05, 4.69) is 5.32 Å². The lowest BCUT2D eigenvalue weighted by atomic mass is 9.94. The summed E-state index contributed by atoms with van der Waals surface area (Å²) < 4.78 is 0. The summed E-state index contributed by atoms with van der Waals surface area (Å²) in [5.74, 6) is -0.864. The van der Waals surface area contributed by atoms with Crippen molar-refractivity contribution in [2.45, 2.75) is 83.5 Å². The summed E-state index contributed by atoms with van der Waals surface area (Å²) in [4.78, 5) is 41.7. The smallest absolute Gasteiger partial charge is 0.318 e. The molecule has 0 spiro atoms. The first-order valence-electron chi connectivity index (χ1n) is 11.5. The Morgan fingerprint density at radius 2 is 1.81 bits per heavy atom. The van der Waals surface area contributed by atoms with Gasteiger partial charge < -0.3 is 20.2 Å². The number of hydrogen-bond acceptors (Lipinski definition) is 3. The van der Waals surface area contributed by atoms with Crippen molar-refractivity contribution in [2.75, 3.05) is 6.54 Å². The topological polar surface area (TPSA) is 90.0 Å². The van der Waals surface area contributed by atoms with Crippen LogP contribution in [0.25, 0.3) is 0 Å². The molecule has 1 saturated heterocycles. The van der Waals surface area contributed by atoms with Crippen LogP contribution >= 0.6 is 0 Å². The molecular formula is C24H35N3O4. The Morgan fingerprint density at radius 1 is 1.13 bits per heavy atom. The molecule has 1 aliphatic heterocycles. The van der Waals surface area contributed by atoms with Crippen molar-refractivity contribution in [1.29, 1.82) is 0 Å². The zero-order valence-electron chi connectivity index (χ0n) is 18.6. The third kappa shape index (κ3) is 6.21. The molecule has 1 aromatic carbocycles. The number of nitrogens with zero attached hydrogens (tertiary/aromatic N) is 2. The lowest BCUT2D eigenvalue weighted by molar-refractivity contribution is -0.148. The van der Waals surface area contributed by atoms with Crippen LogP contribution in [0.4, 0.5) is 4.79 Å². The van der Waals surface area contributed by atoms with Gasteiger partial charge in [0.1, 0.15) is 6.04 Å². The predicted octanol–water partition coefficient (Wildman–Crippen LogP) is 3.63. The first kappa shape index (κ1) is 23.1. The summed E-state index contributed by atoms with van der Waals surface area (Å²) in [6, 6.07) is 8.30. The van der Waals surface area contributed by atoms with Crippen LogP contribution in [-0.4, -0.2) is 57.5 Å². The first-order valence-corrected chi connectivity index (χ1v) is 11.5. The standard InChI is InChI=1S/C24H35N3O4/c1-17(2)13-21-23(30)26(15-18-9-5-3-6-10-18)16-20(14-22(28)29)27(21)24(31)25-19-11-7-4-8-12-19/h3,5-6,9-10,17,19-21H,4,7-8,11-16H2,1-2H3,(H,25,31)(H,28,29)/t20?,21-/m0/s1. The van der Waals surface area contributed by atoms with E-state index in [1.807, 2.05) is 44.2 Å². The van der Waals surface area contributed by atoms with E-state index in [4.69, 9.17) is 0 Å². The van der Waals surface area contributed by atoms with Crippen molar-refractivity contribution in [2.24, 2.45) is 5.92 Å². The van der Waals surface area contributed by atoms with E-state index in [9.17, 15) is 19.5 Å². The number of carboxylic acids is 1. The number of amides is 3. The molecule has 0 radical (unpaired) electrons. The SMILES string of the molecule is CC(C)C[C@H]1C(=O)N(Cc2ccccc2)CC(CC(=O)O)N1C(=O)NC1CCCCC1. The second-order valence-electron chi connectivity index (χ2n) is 9.29. The van der Waals surface area contributed by atoms with Gasteiger partial charge in [0.15, 0.2) is 0 Å². The number of nitrogens with one attached hydrogen (secondary N) is 1. The van der Waals surface area contributed by atoms with E-state index in [1.54, 1.807) is 9.80 Å². The molecule has 2 aliphatic rings. The number of benzene rings is 1. The Kier molecular flexibility index (Phi) is 7.93. The van der Waals surface area contributed by atoms with Gasteiger partial charge in [-0.05, 0) is 30.7 Å². The summed E-state index contributed by atoms with van der Waals surface area (Å²) >= 11 is 0. The van der Waals surface area contributed by atoms with Crippen molar-refractivity contribution in [3.8, 4) is 0 Å². The van der Waals surface area contributed by atoms with E-state index < -0.39 is 18.1 Å². The second-order valence-corrected chi connectivity index (χ2v) is 9.29. The highest BCUT2D eigenvalue weighted by atomic mass is 16.4. The lowest BCUT2D eigenvalue weighted by Crippen LogP contribution is -2.66. The number of carboxylic acid groups (broad SMARTS) is 1. The van der Waals surface area contributed by atoms with Crippen LogP contribution in [0.3, 0.4) is 0 Å². The fourth-order valence-electron chi connectivity index (χ4n) is 4.79. The summed E-state index contributed by atoms with van der Waals surface area (Å²) in [5.41, 5.74) is 0.994. The molecule has 2 atom stereocenters. The van der Waals surface area contributed by atoms with Crippen LogP contribution in [0.5, 0.6) is 0 Å². The minimum atomic E-state index is -0.960. The Hall–Kier alpha value is -2.57. The van der Waals surface area contributed by atoms with Gasteiger partial charge in [0.05, 0.1) is 12.5 Å². The van der Waals surface area contributed by atoms with E-state index in [0.29, 0.717) is 13.0 Å². The van der Waals surface area contributed by atoms with Crippen LogP contribution in [0, 0.1) is 5.92 Å². The van der Waals surface area contributed by atoms with Crippen molar-refractivity contribution < 1.29 is 19.5 Å². The average Bonchev–Trinajstić information content (AvgIpc) is 2.72. The van der Waals surface area contributed by atoms with Crippen LogP contribution < -0.4 is 5.32 Å². The molecule has 2 N–H and O–H groups in total. The Balaban J connectivity index is 1.84. The molecular weight excluding hydrogens is 394 g/mol. The molecule has 170 valence electrons. The number of carbonyl (C=O) groups is 3. The molecule has 3 amide bonds. The van der Waals surface area contributed by atoms with Gasteiger partial charge in [-0.3, -0.25) is 9.59 Å². The summed E-state index contributed by atoms with van der Waals surface area (Å²) in [7, 11) is 0. The summed E-state index contributed by atoms with van der Waals surface area (Å²) in [6.45, 7) is 4.69. The Bertz CT molecular complexity index is 761. The van der Waals surface area contributed by atoms with E-state index >= 15 is 0 Å². The second kappa shape index (κ2) is 10.6. The van der Waals surface area contributed by atoms with Gasteiger partial charge in [-0.2, -0.15) is 0 Å². The normalized spacial score (nSPS) is 22.6. The highest BCUT2D eigenvalue weighted by Crippen LogP contribution is 2.27. The van der Waals surface area contributed by atoms with Crippen LogP contribution in [-0.2, 0) is 16.1 Å². The van der Waals surface area contributed by atoms with Crippen LogP contribution in [0.1, 0.15) is 64.4 Å². The number of urea groups is 1. The summed E-state index contributed by atoms with van der Waals surface area (Å²) in [6.07, 6.45) is 5.56. The molecule has 1 heterocycles. The minimum Gasteiger partial charge on any atom is -0.481 e. The maximum absolute atomic E-state index is 13.5. The number of hydrogen-bond donors (Lipinski definition) is 2. The number of carbonyl (C=O) groups excluding carboxylic acids is 2. The van der Waals surface area contributed by atoms with Gasteiger partial charge in [-0.15, -0.1) is 0 Å². The molecule has 31 heavy (non-hydrogen) atoms. The molecule has 2 fully saturated rings. The molecule has 1 unspecified atom stereocenters. The van der Waals surface area contributed by atoms with Crippen LogP contribution in [0.15, 0.2) is 30.3 Å². The van der Waals surface area contributed by atoms with Crippen molar-refractivity contribution in [3.63, 3.8) is 0 Å². The molecule has 0 bridgehead atoms. The Morgan fingerprint density at radius 3 is 2.42 bits per heavy atom. The van der Waals surface area contributed by atoms with E-state index in [0.717, 1.165) is 31.2 Å². The van der Waals surface area contributed by atoms with Gasteiger partial charge in [-0.25, -0.2) is 4.79 Å². The molecule has 1 saturated carbocycles. The fraction of sp³-hybridized carbons (Fsp3) is 0.625. The number of aliphatic carboxylic acids is 1. The predicted molar refractivity (Wildman–Crippen MR) is 118 cm³/mol. The first-order chi connectivity index (χ1) is 14.8. The maximum Gasteiger partial charge on any atom is 0.318 e. The largest absolute Gasteiger partial charge is 0.481 e. The molecule has 7 nitrogen and oxygen atoms in total. The zero-order valence-corrected chi connectivity index (χ0v) is 18.6. The van der Waals surface area contributed by atoms with Gasteiger partial charge >= 0.3 is 12.0 Å². The van der Waals surface area contributed by atoms with Gasteiger partial charge in [0, 0.05) is 19.1 Å². The summed E-state index contributed by atoms with van der Waals surface area (Å²) in [5, 5.41) is 12.6. The van der Waals surface area contributed by atoms with Gasteiger partial charge in [0.2, 0.25) is 5.91 Å². The fourth-order valence-corrected chi connectivity index (χ4v) is 4.79. The third-order valence-electron chi connectivity index (χ3n) is 6.25. The van der Waals surface area contributed by atoms with E-state index in [1.165, 1.54) is 6.42 Å². The molecule has 7 heteroatoms. The van der Waals surface area contributed by atoms with Crippen LogP contribution in [0.2, 0.25) is 0 Å². The number of rotatable bonds is 7. The average molecular weight is 430 g/mol. The Labute approximate surface area is 184 Å². The molecule has 0 aromatic heterocycles. The highest BCUT2D eigenvalue weighted by molar-refractivity contribution is 5.89. The third-order valence-corrected chi connectivity index (χ3v) is 6.25.